The first kappa shape index (κ1) is 42.7. The highest BCUT2D eigenvalue weighted by atomic mass is 16.5. The second kappa shape index (κ2) is 17.9. The zero-order valence-electron chi connectivity index (χ0n) is 39.8. The van der Waals surface area contributed by atoms with Crippen molar-refractivity contribution in [1.29, 1.82) is 0 Å². The summed E-state index contributed by atoms with van der Waals surface area (Å²) in [6.45, 7) is 0. The van der Waals surface area contributed by atoms with Crippen LogP contribution in [-0.4, -0.2) is 19.7 Å². The van der Waals surface area contributed by atoms with Crippen molar-refractivity contribution in [2.24, 2.45) is 0 Å². The van der Waals surface area contributed by atoms with Crippen molar-refractivity contribution in [3.05, 3.63) is 261 Å². The van der Waals surface area contributed by atoms with Gasteiger partial charge in [-0.15, -0.1) is 10.2 Å². The van der Waals surface area contributed by atoms with E-state index in [2.05, 4.69) is 208 Å². The van der Waals surface area contributed by atoms with Gasteiger partial charge >= 0.3 is 12.2 Å². The van der Waals surface area contributed by atoms with Crippen molar-refractivity contribution in [2.45, 2.75) is 0 Å². The number of rotatable bonds is 10. The van der Waals surface area contributed by atoms with Gasteiger partial charge in [0.2, 0.25) is 11.8 Å². The Morgan fingerprint density at radius 2 is 0.824 bits per heavy atom. The summed E-state index contributed by atoms with van der Waals surface area (Å²) in [5.74, 6) is 1.46. The summed E-state index contributed by atoms with van der Waals surface area (Å²) in [5.41, 5.74) is 14.3. The van der Waals surface area contributed by atoms with E-state index in [9.17, 15) is 0 Å². The lowest BCUT2D eigenvalue weighted by molar-refractivity contribution is -0.783. The molecule has 0 bridgehead atoms. The molecule has 74 heavy (non-hydrogen) atoms. The molecule has 0 aliphatic rings. The lowest BCUT2D eigenvalue weighted by atomic mass is 9.85. The predicted octanol–water partition coefficient (Wildman–Crippen LogP) is 16.5. The maximum atomic E-state index is 6.38. The summed E-state index contributed by atoms with van der Waals surface area (Å²) in [6, 6.07) is 89.2. The van der Waals surface area contributed by atoms with Crippen LogP contribution in [0.5, 0.6) is 0 Å². The number of fused-ring (bicyclic) bond motifs is 5. The fourth-order valence-corrected chi connectivity index (χ4v) is 10.6. The van der Waals surface area contributed by atoms with Crippen LogP contribution in [0.15, 0.2) is 270 Å². The van der Waals surface area contributed by atoms with E-state index in [1.807, 2.05) is 66.7 Å². The van der Waals surface area contributed by atoms with E-state index in [0.29, 0.717) is 17.7 Å². The van der Waals surface area contributed by atoms with Gasteiger partial charge in [-0.2, -0.15) is 0 Å². The summed E-state index contributed by atoms with van der Waals surface area (Å²) in [7, 11) is 0. The quantitative estimate of drug-likeness (QED) is 0.100. The van der Waals surface area contributed by atoms with E-state index in [1.165, 1.54) is 21.8 Å². The highest BCUT2D eigenvalue weighted by molar-refractivity contribution is 6.22. The van der Waals surface area contributed by atoms with Crippen LogP contribution in [-0.2, 0) is 0 Å². The second-order valence-corrected chi connectivity index (χ2v) is 18.3. The summed E-state index contributed by atoms with van der Waals surface area (Å²) in [5, 5.41) is 15.8. The standard InChI is InChI=1S/C66H43N6O2/c1-4-18-44(19-5-1)65-68-69-66(73-65)48-23-17-20-45(41-48)62-56-30-10-11-31-57(56)63(46-21-16-22-47(40-46)64-67-43-70(74-64)49-24-6-2-7-25-49)59-42-53(38-39-58(59)62)71(50-26-8-3-9-27-50)51-34-36-52(37-35-51)72-60-32-14-12-28-54(60)55-29-13-15-33-61(55)72/h1-43H/q+1. The Bertz CT molecular complexity index is 4320. The molecule has 0 atom stereocenters. The van der Waals surface area contributed by atoms with Gasteiger partial charge in [0.1, 0.15) is 0 Å². The molecule has 0 aliphatic carbocycles. The van der Waals surface area contributed by atoms with E-state index in [4.69, 9.17) is 13.9 Å². The van der Waals surface area contributed by atoms with Crippen molar-refractivity contribution in [3.8, 4) is 68.0 Å². The molecule has 0 radical (unpaired) electrons. The Morgan fingerprint density at radius 3 is 1.47 bits per heavy atom. The number of nitrogens with zero attached hydrogens (tertiary/aromatic N) is 6. The third-order valence-electron chi connectivity index (χ3n) is 13.9. The Labute approximate surface area is 425 Å². The zero-order chi connectivity index (χ0) is 49.0. The number of anilines is 3. The summed E-state index contributed by atoms with van der Waals surface area (Å²) < 4.78 is 16.8. The first-order valence-corrected chi connectivity index (χ1v) is 24.7. The van der Waals surface area contributed by atoms with Gasteiger partial charge in [0, 0.05) is 44.6 Å². The molecule has 8 nitrogen and oxygen atoms in total. The molecule has 11 aromatic carbocycles. The molecule has 0 spiro atoms. The van der Waals surface area contributed by atoms with E-state index in [-0.39, 0.29) is 0 Å². The smallest absolute Gasteiger partial charge is 0.384 e. The van der Waals surface area contributed by atoms with E-state index >= 15 is 0 Å². The fraction of sp³-hybridized carbons (Fsp3) is 0. The first-order chi connectivity index (χ1) is 36.7. The minimum absolute atomic E-state index is 0.456. The van der Waals surface area contributed by atoms with Gasteiger partial charge in [0.05, 0.1) is 16.6 Å². The van der Waals surface area contributed by atoms with Gasteiger partial charge in [-0.3, -0.25) is 0 Å². The number of aromatic nitrogens is 5. The molecule has 14 aromatic rings. The monoisotopic (exact) mass is 951 g/mol. The van der Waals surface area contributed by atoms with Crippen LogP contribution in [0.25, 0.3) is 111 Å². The highest BCUT2D eigenvalue weighted by Crippen LogP contribution is 2.47. The van der Waals surface area contributed by atoms with Crippen molar-refractivity contribution in [2.75, 3.05) is 4.90 Å². The van der Waals surface area contributed by atoms with Crippen molar-refractivity contribution in [3.63, 3.8) is 0 Å². The molecule has 0 aliphatic heterocycles. The summed E-state index contributed by atoms with van der Waals surface area (Å²) in [6.07, 6.45) is 1.72. The Morgan fingerprint density at radius 1 is 0.351 bits per heavy atom. The van der Waals surface area contributed by atoms with Gasteiger partial charge in [0.25, 0.3) is 0 Å². The van der Waals surface area contributed by atoms with Crippen LogP contribution in [0.1, 0.15) is 0 Å². The molecule has 8 heteroatoms. The van der Waals surface area contributed by atoms with Gasteiger partial charge in [-0.1, -0.05) is 146 Å². The largest absolute Gasteiger partial charge is 0.416 e. The lowest BCUT2D eigenvalue weighted by Gasteiger charge is -2.27. The molecule has 0 saturated carbocycles. The SMILES string of the molecule is c1ccc(-c2nnc(-c3cccc(-c4c5ccccc5c(-c5cccc(-c6nc[n+](-c7ccccc7)o6)c5)c5cc(N(c6ccccc6)c6ccc(-n7c8ccccc8c8ccccc87)cc6)ccc45)c3)o2)cc1. The number of benzene rings is 11. The van der Waals surface area contributed by atoms with Crippen LogP contribution in [0.2, 0.25) is 0 Å². The van der Waals surface area contributed by atoms with Crippen LogP contribution in [0.4, 0.5) is 17.1 Å². The summed E-state index contributed by atoms with van der Waals surface area (Å²) >= 11 is 0. The maximum Gasteiger partial charge on any atom is 0.384 e. The molecule has 0 amide bonds. The Kier molecular flexibility index (Phi) is 10.3. The molecule has 14 rings (SSSR count). The first-order valence-electron chi connectivity index (χ1n) is 24.7. The highest BCUT2D eigenvalue weighted by Gasteiger charge is 2.23. The van der Waals surface area contributed by atoms with Crippen LogP contribution < -0.4 is 9.64 Å². The molecule has 0 saturated heterocycles. The third kappa shape index (κ3) is 7.40. The number of hydrogen-bond acceptors (Lipinski definition) is 6. The molecule has 3 heterocycles. The lowest BCUT2D eigenvalue weighted by Crippen LogP contribution is -2.26. The molecule has 0 unspecified atom stereocenters. The topological polar surface area (TPSA) is 77.0 Å². The average Bonchev–Trinajstić information content (AvgIpc) is 4.26. The maximum absolute atomic E-state index is 6.38. The van der Waals surface area contributed by atoms with Crippen molar-refractivity contribution >= 4 is 60.4 Å². The Balaban J connectivity index is 0.964. The minimum atomic E-state index is 0.456. The number of hydrogen-bond donors (Lipinski definition) is 0. The van der Waals surface area contributed by atoms with Crippen molar-refractivity contribution in [1.82, 2.24) is 19.7 Å². The average molecular weight is 952 g/mol. The zero-order valence-corrected chi connectivity index (χ0v) is 39.8. The Hall–Kier alpha value is -10.2. The van der Waals surface area contributed by atoms with Crippen LogP contribution >= 0.6 is 0 Å². The van der Waals surface area contributed by atoms with Crippen LogP contribution in [0.3, 0.4) is 0 Å². The predicted molar refractivity (Wildman–Crippen MR) is 297 cm³/mol. The van der Waals surface area contributed by atoms with Gasteiger partial charge in [0.15, 0.2) is 5.69 Å². The normalized spacial score (nSPS) is 11.5. The molecule has 3 aromatic heterocycles. The van der Waals surface area contributed by atoms with Gasteiger partial charge in [-0.25, -0.2) is 4.52 Å². The molecular formula is C66H43N6O2+. The van der Waals surface area contributed by atoms with Crippen LogP contribution in [0, 0.1) is 0 Å². The third-order valence-corrected chi connectivity index (χ3v) is 13.9. The molecule has 348 valence electrons. The van der Waals surface area contributed by atoms with E-state index < -0.39 is 0 Å². The fourth-order valence-electron chi connectivity index (χ4n) is 10.6. The van der Waals surface area contributed by atoms with Gasteiger partial charge in [-0.05, 0) is 163 Å². The van der Waals surface area contributed by atoms with E-state index in [0.717, 1.165) is 88.9 Å². The molecule has 0 fully saturated rings. The van der Waals surface area contributed by atoms with Crippen molar-refractivity contribution < 1.29 is 13.7 Å². The van der Waals surface area contributed by atoms with Gasteiger partial charge < -0.3 is 13.9 Å². The second-order valence-electron chi connectivity index (χ2n) is 18.3. The number of para-hydroxylation sites is 4. The minimum Gasteiger partial charge on any atom is -0.416 e. The molecule has 0 N–H and O–H groups in total. The molecular weight excluding hydrogens is 909 g/mol. The van der Waals surface area contributed by atoms with E-state index in [1.54, 1.807) is 11.1 Å². The summed E-state index contributed by atoms with van der Waals surface area (Å²) in [4.78, 5) is 7.10.